The summed E-state index contributed by atoms with van der Waals surface area (Å²) in [6, 6.07) is 7.03. The van der Waals surface area contributed by atoms with Crippen LogP contribution in [0.15, 0.2) is 24.3 Å². The average molecular weight is 305 g/mol. The molecule has 4 nitrogen and oxygen atoms in total. The molecule has 0 amide bonds. The number of aryl methyl sites for hydroxylation is 1. The number of ketones is 1. The monoisotopic (exact) mass is 305 g/mol. The molecule has 0 saturated heterocycles. The minimum Gasteiger partial charge on any atom is -0.460 e. The molecular formula is C18H27NO3. The second-order valence-electron chi connectivity index (χ2n) is 7.01. The van der Waals surface area contributed by atoms with Crippen molar-refractivity contribution in [3.63, 3.8) is 0 Å². The predicted molar refractivity (Wildman–Crippen MR) is 87.3 cm³/mol. The summed E-state index contributed by atoms with van der Waals surface area (Å²) in [5.41, 5.74) is 7.84. The lowest BCUT2D eigenvalue weighted by molar-refractivity contribution is -0.146. The highest BCUT2D eigenvalue weighted by atomic mass is 16.5. The fourth-order valence-corrected chi connectivity index (χ4v) is 2.06. The van der Waals surface area contributed by atoms with Gasteiger partial charge in [0.05, 0.1) is 0 Å². The van der Waals surface area contributed by atoms with Gasteiger partial charge in [0.15, 0.2) is 0 Å². The summed E-state index contributed by atoms with van der Waals surface area (Å²) in [5, 5.41) is 0. The van der Waals surface area contributed by atoms with E-state index in [1.54, 1.807) is 0 Å². The molecule has 0 spiro atoms. The Morgan fingerprint density at radius 1 is 1.18 bits per heavy atom. The van der Waals surface area contributed by atoms with Crippen LogP contribution in [0.25, 0.3) is 0 Å². The number of benzene rings is 1. The van der Waals surface area contributed by atoms with Gasteiger partial charge in [0.2, 0.25) is 0 Å². The van der Waals surface area contributed by atoms with Crippen molar-refractivity contribution in [3.05, 3.63) is 35.4 Å². The maximum atomic E-state index is 11.8. The number of Topliss-reactive ketones (excluding diaryl/α,β-unsaturated/α-hetero) is 1. The van der Waals surface area contributed by atoms with Crippen molar-refractivity contribution in [2.75, 3.05) is 0 Å². The summed E-state index contributed by atoms with van der Waals surface area (Å²) in [5.74, 6) is -0.321. The van der Waals surface area contributed by atoms with Gasteiger partial charge >= 0.3 is 5.97 Å². The van der Waals surface area contributed by atoms with Gasteiger partial charge in [0, 0.05) is 12.8 Å². The van der Waals surface area contributed by atoms with Crippen molar-refractivity contribution >= 4 is 11.8 Å². The van der Waals surface area contributed by atoms with Gasteiger partial charge in [0.25, 0.3) is 0 Å². The molecule has 1 aromatic carbocycles. The minimum atomic E-state index is -0.741. The second-order valence-corrected chi connectivity index (χ2v) is 7.01. The smallest absolute Gasteiger partial charge is 0.323 e. The zero-order chi connectivity index (χ0) is 16.8. The van der Waals surface area contributed by atoms with E-state index in [9.17, 15) is 9.59 Å². The molecule has 0 aliphatic carbocycles. The summed E-state index contributed by atoms with van der Waals surface area (Å²) >= 11 is 0. The normalized spacial score (nSPS) is 12.8. The number of rotatable bonds is 7. The van der Waals surface area contributed by atoms with Crippen molar-refractivity contribution in [1.29, 1.82) is 0 Å². The van der Waals surface area contributed by atoms with Gasteiger partial charge in [-0.25, -0.2) is 0 Å². The lowest BCUT2D eigenvalue weighted by Crippen LogP contribution is -2.33. The van der Waals surface area contributed by atoms with Crippen molar-refractivity contribution in [2.24, 2.45) is 11.1 Å². The minimum absolute atomic E-state index is 0.0346. The molecule has 0 aliphatic rings. The number of ether oxygens (including phenoxy) is 1. The number of esters is 1. The van der Waals surface area contributed by atoms with Crippen LogP contribution in [-0.2, 0) is 20.9 Å². The molecule has 0 fully saturated rings. The van der Waals surface area contributed by atoms with Crippen LogP contribution in [0.3, 0.4) is 0 Å². The number of carbonyl (C=O) groups is 2. The van der Waals surface area contributed by atoms with Crippen LogP contribution < -0.4 is 5.73 Å². The van der Waals surface area contributed by atoms with Crippen LogP contribution in [0, 0.1) is 12.3 Å². The van der Waals surface area contributed by atoms with E-state index in [1.807, 2.05) is 52.0 Å². The van der Waals surface area contributed by atoms with Gasteiger partial charge < -0.3 is 10.5 Å². The third-order valence-electron chi connectivity index (χ3n) is 3.27. The number of nitrogens with two attached hydrogens (primary N) is 1. The summed E-state index contributed by atoms with van der Waals surface area (Å²) in [6.07, 6.45) is 1.15. The van der Waals surface area contributed by atoms with E-state index >= 15 is 0 Å². The van der Waals surface area contributed by atoms with E-state index in [4.69, 9.17) is 10.5 Å². The summed E-state index contributed by atoms with van der Waals surface area (Å²) in [6.45, 7) is 8.26. The number of hydrogen-bond donors (Lipinski definition) is 1. The Morgan fingerprint density at radius 3 is 2.32 bits per heavy atom. The largest absolute Gasteiger partial charge is 0.460 e. The van der Waals surface area contributed by atoms with Crippen molar-refractivity contribution in [1.82, 2.24) is 0 Å². The third-order valence-corrected chi connectivity index (χ3v) is 3.27. The SMILES string of the molecule is Cc1ccc(COC(=O)C(N)CCC(=O)CC(C)(C)C)cc1. The third kappa shape index (κ3) is 7.36. The molecule has 0 heterocycles. The maximum absolute atomic E-state index is 11.8. The Balaban J connectivity index is 2.33. The molecule has 1 aromatic rings. The fourth-order valence-electron chi connectivity index (χ4n) is 2.06. The van der Waals surface area contributed by atoms with Crippen LogP contribution in [-0.4, -0.2) is 17.8 Å². The zero-order valence-corrected chi connectivity index (χ0v) is 14.0. The first-order valence-electron chi connectivity index (χ1n) is 7.67. The Morgan fingerprint density at radius 2 is 1.77 bits per heavy atom. The molecule has 0 radical (unpaired) electrons. The first kappa shape index (κ1) is 18.4. The van der Waals surface area contributed by atoms with Crippen LogP contribution in [0.4, 0.5) is 0 Å². The van der Waals surface area contributed by atoms with E-state index in [2.05, 4.69) is 0 Å². The van der Waals surface area contributed by atoms with Crippen molar-refractivity contribution in [3.8, 4) is 0 Å². The van der Waals surface area contributed by atoms with E-state index in [-0.39, 0.29) is 17.8 Å². The molecular weight excluding hydrogens is 278 g/mol. The van der Waals surface area contributed by atoms with E-state index in [0.717, 1.165) is 11.1 Å². The van der Waals surface area contributed by atoms with Crippen molar-refractivity contribution < 1.29 is 14.3 Å². The topological polar surface area (TPSA) is 69.4 Å². The molecule has 0 saturated carbocycles. The van der Waals surface area contributed by atoms with Crippen LogP contribution >= 0.6 is 0 Å². The lowest BCUT2D eigenvalue weighted by Gasteiger charge is -2.17. The molecule has 1 rings (SSSR count). The number of carbonyl (C=O) groups excluding carboxylic acids is 2. The first-order chi connectivity index (χ1) is 10.2. The summed E-state index contributed by atoms with van der Waals surface area (Å²) in [4.78, 5) is 23.6. The van der Waals surface area contributed by atoms with Gasteiger partial charge in [0.1, 0.15) is 18.4 Å². The van der Waals surface area contributed by atoms with Crippen LogP contribution in [0.2, 0.25) is 0 Å². The van der Waals surface area contributed by atoms with Gasteiger partial charge in [-0.3, -0.25) is 9.59 Å². The van der Waals surface area contributed by atoms with Gasteiger partial charge in [-0.1, -0.05) is 50.6 Å². The van der Waals surface area contributed by atoms with E-state index in [0.29, 0.717) is 19.3 Å². The summed E-state index contributed by atoms with van der Waals surface area (Å²) in [7, 11) is 0. The Hall–Kier alpha value is -1.68. The average Bonchev–Trinajstić information content (AvgIpc) is 2.42. The van der Waals surface area contributed by atoms with Gasteiger partial charge in [-0.2, -0.15) is 0 Å². The molecule has 22 heavy (non-hydrogen) atoms. The quantitative estimate of drug-likeness (QED) is 0.786. The molecule has 1 atom stereocenters. The standard InChI is InChI=1S/C18H27NO3/c1-13-5-7-14(8-6-13)12-22-17(21)16(19)10-9-15(20)11-18(2,3)4/h5-8,16H,9-12,19H2,1-4H3. The Bertz CT molecular complexity index is 500. The van der Waals surface area contributed by atoms with Crippen LogP contribution in [0.5, 0.6) is 0 Å². The van der Waals surface area contributed by atoms with E-state index < -0.39 is 12.0 Å². The van der Waals surface area contributed by atoms with Crippen molar-refractivity contribution in [2.45, 2.75) is 59.6 Å². The molecule has 2 N–H and O–H groups in total. The van der Waals surface area contributed by atoms with Gasteiger partial charge in [-0.15, -0.1) is 0 Å². The second kappa shape index (κ2) is 8.08. The molecule has 0 bridgehead atoms. The molecule has 122 valence electrons. The molecule has 0 aromatic heterocycles. The van der Waals surface area contributed by atoms with Gasteiger partial charge in [-0.05, 0) is 24.3 Å². The summed E-state index contributed by atoms with van der Waals surface area (Å²) < 4.78 is 5.19. The highest BCUT2D eigenvalue weighted by molar-refractivity contribution is 5.81. The lowest BCUT2D eigenvalue weighted by atomic mass is 9.88. The fraction of sp³-hybridized carbons (Fsp3) is 0.556. The maximum Gasteiger partial charge on any atom is 0.323 e. The zero-order valence-electron chi connectivity index (χ0n) is 14.0. The molecule has 4 heteroatoms. The first-order valence-corrected chi connectivity index (χ1v) is 7.67. The molecule has 1 unspecified atom stereocenters. The van der Waals surface area contributed by atoms with E-state index in [1.165, 1.54) is 0 Å². The Labute approximate surface area is 133 Å². The molecule has 0 aliphatic heterocycles. The van der Waals surface area contributed by atoms with Crippen LogP contribution in [0.1, 0.15) is 51.2 Å². The highest BCUT2D eigenvalue weighted by Crippen LogP contribution is 2.20. The number of hydrogen-bond acceptors (Lipinski definition) is 4. The predicted octanol–water partition coefficient (Wildman–Crippen LogP) is 3.15. The Kier molecular flexibility index (Phi) is 6.75. The highest BCUT2D eigenvalue weighted by Gasteiger charge is 2.20.